The number of hydrogen-bond acceptors (Lipinski definition) is 26. The maximum atomic E-state index is 4.47. The number of oxazole rings is 1. The predicted octanol–water partition coefficient (Wildman–Crippen LogP) is 5.28. The SMILES string of the molecule is c1c[nH]cn1.c1cn[nH]c1.c1cn[nH]n1.c1cnoc1.c1cnon1.c1cnsc1.c1cnsn1.c1cocn1.c1cscn1.c1nc[nH]n1.c1nnco1.c1nncs1. The van der Waals surface area contributed by atoms with Crippen LogP contribution in [0.4, 0.5) is 0 Å². The molecule has 4 N–H and O–H groups in total. The molecular weight excluding hydrogens is 861 g/mol. The third-order valence-corrected chi connectivity index (χ3v) is 5.90. The predicted molar refractivity (Wildman–Crippen MR) is 216 cm³/mol. The van der Waals surface area contributed by atoms with Crippen molar-refractivity contribution in [3.63, 3.8) is 0 Å². The highest BCUT2D eigenvalue weighted by Crippen LogP contribution is 1.86. The molecule has 0 atom stereocenters. The molecule has 0 fully saturated rings. The van der Waals surface area contributed by atoms with Gasteiger partial charge in [-0.15, -0.1) is 43.1 Å². The highest BCUT2D eigenvalue weighted by atomic mass is 32.1. The second-order valence-corrected chi connectivity index (χ2v) is 10.6. The van der Waals surface area contributed by atoms with E-state index in [2.05, 4.69) is 128 Å². The summed E-state index contributed by atoms with van der Waals surface area (Å²) >= 11 is 5.77. The summed E-state index contributed by atoms with van der Waals surface area (Å²) in [5, 5.41) is 48.8. The third-order valence-electron chi connectivity index (χ3n) is 3.99. The van der Waals surface area contributed by atoms with E-state index in [1.54, 1.807) is 115 Å². The summed E-state index contributed by atoms with van der Waals surface area (Å²) in [5.74, 6) is 0. The number of aromatic amines is 4. The highest BCUT2D eigenvalue weighted by Gasteiger charge is 1.65. The van der Waals surface area contributed by atoms with Crippen LogP contribution in [0.1, 0.15) is 0 Å². The lowest BCUT2D eigenvalue weighted by molar-refractivity contribution is 0.307. The minimum Gasteiger partial charge on any atom is -0.452 e. The lowest BCUT2D eigenvalue weighted by Crippen LogP contribution is -1.61. The maximum absolute atomic E-state index is 4.47. The lowest BCUT2D eigenvalue weighted by atomic mass is 10.8. The van der Waals surface area contributed by atoms with Crippen molar-refractivity contribution in [1.29, 1.82) is 0 Å². The van der Waals surface area contributed by atoms with E-state index in [-0.39, 0.29) is 0 Å². The molecule has 0 spiro atoms. The molecule has 0 aliphatic carbocycles. The van der Waals surface area contributed by atoms with E-state index in [1.807, 2.05) is 22.9 Å². The summed E-state index contributed by atoms with van der Waals surface area (Å²) in [5.41, 5.74) is 5.15. The quantitative estimate of drug-likeness (QED) is 0.150. The first-order valence-electron chi connectivity index (χ1n) is 15.6. The zero-order chi connectivity index (χ0) is 42.4. The van der Waals surface area contributed by atoms with Gasteiger partial charge in [-0.25, -0.2) is 24.0 Å². The molecule has 312 valence electrons. The molecular formula is C30H34N22O4S4. The Morgan fingerprint density at radius 2 is 1.30 bits per heavy atom. The number of aromatic nitrogens is 22. The molecule has 12 heterocycles. The largest absolute Gasteiger partial charge is 0.452 e. The lowest BCUT2D eigenvalue weighted by Gasteiger charge is -1.49. The first-order valence-corrected chi connectivity index (χ1v) is 19.0. The van der Waals surface area contributed by atoms with Crippen LogP contribution in [-0.4, -0.2) is 110 Å². The van der Waals surface area contributed by atoms with E-state index in [9.17, 15) is 0 Å². The van der Waals surface area contributed by atoms with Crippen LogP contribution < -0.4 is 0 Å². The fourth-order valence-electron chi connectivity index (χ4n) is 2.01. The van der Waals surface area contributed by atoms with Gasteiger partial charge in [-0.05, 0) is 29.7 Å². The van der Waals surface area contributed by atoms with Crippen LogP contribution in [0.2, 0.25) is 0 Å². The van der Waals surface area contributed by atoms with E-state index in [4.69, 9.17) is 0 Å². The smallest absolute Gasteiger partial charge is 0.203 e. The molecule has 60 heavy (non-hydrogen) atoms. The molecule has 12 aromatic heterocycles. The van der Waals surface area contributed by atoms with Crippen LogP contribution in [0.5, 0.6) is 0 Å². The molecule has 12 rings (SSSR count). The summed E-state index contributed by atoms with van der Waals surface area (Å²) < 4.78 is 28.3. The van der Waals surface area contributed by atoms with Crippen molar-refractivity contribution in [2.24, 2.45) is 0 Å². The Morgan fingerprint density at radius 1 is 0.467 bits per heavy atom. The van der Waals surface area contributed by atoms with Crippen molar-refractivity contribution in [3.05, 3.63) is 183 Å². The van der Waals surface area contributed by atoms with Crippen molar-refractivity contribution in [2.45, 2.75) is 0 Å². The van der Waals surface area contributed by atoms with Crippen molar-refractivity contribution < 1.29 is 18.0 Å². The van der Waals surface area contributed by atoms with Crippen LogP contribution in [-0.2, 0) is 0 Å². The summed E-state index contributed by atoms with van der Waals surface area (Å²) in [4.78, 5) is 17.3. The topological polar surface area (TPSA) is 348 Å². The molecule has 0 aromatic carbocycles. The third kappa shape index (κ3) is 44.2. The summed E-state index contributed by atoms with van der Waals surface area (Å²) in [7, 11) is 0. The van der Waals surface area contributed by atoms with E-state index in [0.29, 0.717) is 0 Å². The number of H-pyrrole nitrogens is 4. The normalized spacial score (nSPS) is 8.00. The number of rotatable bonds is 0. The maximum Gasteiger partial charge on any atom is 0.203 e. The Labute approximate surface area is 355 Å². The standard InChI is InChI=1S/2C3H4N2.2C3H3NO.2C3H3NS.2C2H3N3.2C2H2N2O.2C2H2N2S/c1-2-5-3-4-1;1-2-4-5-3-1;1-2-5-3-4-1;1-2-4-5-3-1;1-2-5-3-4-1;1-2-4-5-3-1;1-3-2-5-4-1;1-2-4-5-3-1;1-3-4-2-5-1;1-2-4-5-3-1;1-3-4-2-5-1;1-2-4-5-3-1/h2*1-3H,(H,4,5);4*1-3H;2*1-2H,(H,3,4,5);4*1-2H. The van der Waals surface area contributed by atoms with Gasteiger partial charge in [-0.2, -0.15) is 34.4 Å². The van der Waals surface area contributed by atoms with Gasteiger partial charge in [0.05, 0.1) is 73.1 Å². The second kappa shape index (κ2) is 46.9. The number of nitrogens with one attached hydrogen (secondary N) is 4. The number of thiazole rings is 1. The fourth-order valence-corrected chi connectivity index (χ4v) is 3.26. The van der Waals surface area contributed by atoms with Gasteiger partial charge in [0, 0.05) is 47.9 Å². The Morgan fingerprint density at radius 3 is 1.50 bits per heavy atom. The summed E-state index contributed by atoms with van der Waals surface area (Å²) in [6, 6.07) is 5.46. The van der Waals surface area contributed by atoms with Crippen LogP contribution in [0.3, 0.4) is 0 Å². The second-order valence-electron chi connectivity index (χ2n) is 7.90. The molecule has 0 amide bonds. The van der Waals surface area contributed by atoms with Gasteiger partial charge >= 0.3 is 0 Å². The summed E-state index contributed by atoms with van der Waals surface area (Å²) in [6.45, 7) is 0. The zero-order valence-corrected chi connectivity index (χ0v) is 33.9. The minimum absolute atomic E-state index is 1.21. The molecule has 26 nitrogen and oxygen atoms in total. The molecule has 0 unspecified atom stereocenters. The number of hydrogen-bond donors (Lipinski definition) is 4. The van der Waals surface area contributed by atoms with Gasteiger partial charge in [0.2, 0.25) is 12.8 Å². The molecule has 0 saturated carbocycles. The summed E-state index contributed by atoms with van der Waals surface area (Å²) in [6.07, 6.45) is 34.6. The molecule has 0 saturated heterocycles. The average Bonchev–Trinajstić information content (AvgIpc) is 4.19. The van der Waals surface area contributed by atoms with Crippen LogP contribution in [0, 0.1) is 0 Å². The van der Waals surface area contributed by atoms with Gasteiger partial charge in [0.25, 0.3) is 0 Å². The minimum atomic E-state index is 1.21. The Balaban J connectivity index is 0.000000327. The number of nitrogens with zero attached hydrogens (tertiary/aromatic N) is 18. The fraction of sp³-hybridized carbons (Fsp3) is 0. The van der Waals surface area contributed by atoms with Crippen molar-refractivity contribution in [3.8, 4) is 0 Å². The molecule has 12 aromatic rings. The molecule has 0 aliphatic rings. The molecule has 0 bridgehead atoms. The van der Waals surface area contributed by atoms with Crippen LogP contribution in [0.25, 0.3) is 0 Å². The molecule has 30 heteroatoms. The van der Waals surface area contributed by atoms with Gasteiger partial charge in [-0.3, -0.25) is 15.2 Å². The average molecular weight is 895 g/mol. The van der Waals surface area contributed by atoms with Crippen molar-refractivity contribution >= 4 is 45.9 Å². The zero-order valence-electron chi connectivity index (χ0n) is 30.6. The first kappa shape index (κ1) is 49.8. The van der Waals surface area contributed by atoms with Gasteiger partial charge in [0.1, 0.15) is 36.2 Å². The van der Waals surface area contributed by atoms with E-state index in [1.165, 1.54) is 91.4 Å². The Kier molecular flexibility index (Phi) is 39.0. The van der Waals surface area contributed by atoms with E-state index < -0.39 is 0 Å². The van der Waals surface area contributed by atoms with Gasteiger partial charge in [0.15, 0.2) is 6.39 Å². The molecule has 0 aliphatic heterocycles. The Bertz CT molecular complexity index is 1340. The van der Waals surface area contributed by atoms with E-state index >= 15 is 0 Å². The number of imidazole rings is 1. The van der Waals surface area contributed by atoms with Crippen molar-refractivity contribution in [1.82, 2.24) is 110 Å². The monoisotopic (exact) mass is 894 g/mol. The van der Waals surface area contributed by atoms with Crippen LogP contribution >= 0.6 is 45.9 Å². The van der Waals surface area contributed by atoms with Gasteiger partial charge < -0.3 is 18.3 Å². The van der Waals surface area contributed by atoms with Crippen LogP contribution in [0.15, 0.2) is 201 Å². The van der Waals surface area contributed by atoms with E-state index in [0.717, 1.165) is 0 Å². The molecule has 0 radical (unpaired) electrons. The Hall–Kier alpha value is -8.22. The van der Waals surface area contributed by atoms with Crippen molar-refractivity contribution in [2.75, 3.05) is 0 Å². The first-order chi connectivity index (χ1) is 30.0. The highest BCUT2D eigenvalue weighted by molar-refractivity contribution is 7.07. The van der Waals surface area contributed by atoms with Gasteiger partial charge in [-0.1, -0.05) is 15.5 Å².